The summed E-state index contributed by atoms with van der Waals surface area (Å²) >= 11 is 0. The third-order valence-corrected chi connectivity index (χ3v) is 4.74. The van der Waals surface area contributed by atoms with Crippen LogP contribution in [0.1, 0.15) is 21.5 Å². The first-order valence-corrected chi connectivity index (χ1v) is 9.64. The molecule has 0 aliphatic carbocycles. The molecular formula is C23H23N5O2. The van der Waals surface area contributed by atoms with Crippen molar-refractivity contribution in [2.24, 2.45) is 0 Å². The van der Waals surface area contributed by atoms with E-state index >= 15 is 0 Å². The van der Waals surface area contributed by atoms with Crippen LogP contribution in [0.25, 0.3) is 11.6 Å². The number of nitrogens with one attached hydrogen (secondary N) is 1. The van der Waals surface area contributed by atoms with E-state index < -0.39 is 0 Å². The molecule has 0 atom stereocenters. The summed E-state index contributed by atoms with van der Waals surface area (Å²) in [6.07, 6.45) is 1.55. The molecule has 0 radical (unpaired) electrons. The van der Waals surface area contributed by atoms with Gasteiger partial charge in [0, 0.05) is 31.9 Å². The summed E-state index contributed by atoms with van der Waals surface area (Å²) in [5.74, 6) is 0.962. The lowest BCUT2D eigenvalue weighted by Crippen LogP contribution is -2.17. The first-order chi connectivity index (χ1) is 14.5. The number of aryl methyl sites for hydroxylation is 1. The maximum Gasteiger partial charge on any atom is 0.281 e. The van der Waals surface area contributed by atoms with Crippen molar-refractivity contribution < 1.29 is 9.21 Å². The van der Waals surface area contributed by atoms with Crippen molar-refractivity contribution in [2.45, 2.75) is 13.5 Å². The van der Waals surface area contributed by atoms with Crippen LogP contribution in [-0.4, -0.2) is 34.8 Å². The lowest BCUT2D eigenvalue weighted by molar-refractivity contribution is 0.0947. The zero-order valence-corrected chi connectivity index (χ0v) is 17.2. The van der Waals surface area contributed by atoms with E-state index in [1.165, 1.54) is 4.68 Å². The molecule has 0 spiro atoms. The maximum absolute atomic E-state index is 13.1. The second-order valence-corrected chi connectivity index (χ2v) is 7.23. The van der Waals surface area contributed by atoms with Crippen LogP contribution in [-0.2, 0) is 6.54 Å². The van der Waals surface area contributed by atoms with E-state index in [1.54, 1.807) is 30.5 Å². The van der Waals surface area contributed by atoms with Crippen molar-refractivity contribution in [3.63, 3.8) is 0 Å². The van der Waals surface area contributed by atoms with Crippen LogP contribution in [0.5, 0.6) is 0 Å². The number of hydrogen-bond donors (Lipinski definition) is 1. The topological polar surface area (TPSA) is 76.2 Å². The van der Waals surface area contributed by atoms with Crippen LogP contribution in [0.3, 0.4) is 0 Å². The van der Waals surface area contributed by atoms with Gasteiger partial charge in [0.25, 0.3) is 5.91 Å². The second kappa shape index (κ2) is 8.24. The fraction of sp³-hybridized carbons (Fsp3) is 0.174. The van der Waals surface area contributed by atoms with Crippen molar-refractivity contribution >= 4 is 17.5 Å². The molecular weight excluding hydrogens is 378 g/mol. The molecule has 0 aliphatic rings. The molecule has 0 fully saturated rings. The van der Waals surface area contributed by atoms with E-state index in [0.717, 1.165) is 16.8 Å². The SMILES string of the molecule is Cc1ccc(C(=O)n2nc(-c3ccco3)nc2NCc2ccc(N(C)C)cc2)cc1. The molecule has 0 unspecified atom stereocenters. The molecule has 30 heavy (non-hydrogen) atoms. The summed E-state index contributed by atoms with van der Waals surface area (Å²) in [5, 5.41) is 7.63. The zero-order chi connectivity index (χ0) is 21.1. The predicted octanol–water partition coefficient (Wildman–Crippen LogP) is 4.21. The Morgan fingerprint density at radius 2 is 1.80 bits per heavy atom. The molecule has 1 N–H and O–H groups in total. The molecule has 7 nitrogen and oxygen atoms in total. The second-order valence-electron chi connectivity index (χ2n) is 7.23. The molecule has 0 bridgehead atoms. The van der Waals surface area contributed by atoms with Gasteiger partial charge in [0.05, 0.1) is 6.26 Å². The number of anilines is 2. The average Bonchev–Trinajstić information content (AvgIpc) is 3.42. The van der Waals surface area contributed by atoms with Gasteiger partial charge in [0.1, 0.15) is 0 Å². The van der Waals surface area contributed by atoms with Crippen molar-refractivity contribution in [1.29, 1.82) is 0 Å². The van der Waals surface area contributed by atoms with Gasteiger partial charge in [0.15, 0.2) is 5.76 Å². The minimum Gasteiger partial charge on any atom is -0.461 e. The van der Waals surface area contributed by atoms with Gasteiger partial charge >= 0.3 is 0 Å². The summed E-state index contributed by atoms with van der Waals surface area (Å²) in [6, 6.07) is 19.1. The van der Waals surface area contributed by atoms with E-state index in [1.807, 2.05) is 62.3 Å². The Morgan fingerprint density at radius 3 is 2.43 bits per heavy atom. The van der Waals surface area contributed by atoms with Gasteiger partial charge in [-0.15, -0.1) is 5.10 Å². The van der Waals surface area contributed by atoms with Crippen LogP contribution < -0.4 is 10.2 Å². The Morgan fingerprint density at radius 1 is 1.07 bits per heavy atom. The Kier molecular flexibility index (Phi) is 5.34. The van der Waals surface area contributed by atoms with Crippen LogP contribution in [0, 0.1) is 6.92 Å². The summed E-state index contributed by atoms with van der Waals surface area (Å²) in [5.41, 5.74) is 3.81. The van der Waals surface area contributed by atoms with Gasteiger partial charge in [-0.1, -0.05) is 29.8 Å². The molecule has 0 aliphatic heterocycles. The highest BCUT2D eigenvalue weighted by Crippen LogP contribution is 2.20. The predicted molar refractivity (Wildman–Crippen MR) is 117 cm³/mol. The molecule has 4 rings (SSSR count). The molecule has 152 valence electrons. The highest BCUT2D eigenvalue weighted by Gasteiger charge is 2.19. The summed E-state index contributed by atoms with van der Waals surface area (Å²) < 4.78 is 6.69. The van der Waals surface area contributed by atoms with Gasteiger partial charge in [-0.3, -0.25) is 4.79 Å². The zero-order valence-electron chi connectivity index (χ0n) is 17.2. The van der Waals surface area contributed by atoms with Crippen molar-refractivity contribution in [2.75, 3.05) is 24.3 Å². The number of benzene rings is 2. The summed E-state index contributed by atoms with van der Waals surface area (Å²) in [7, 11) is 4.01. The highest BCUT2D eigenvalue weighted by molar-refractivity contribution is 5.97. The summed E-state index contributed by atoms with van der Waals surface area (Å²) in [4.78, 5) is 19.6. The van der Waals surface area contributed by atoms with E-state index in [9.17, 15) is 4.79 Å². The standard InChI is InChI=1S/C23H23N5O2/c1-16-6-10-18(11-7-16)22(29)28-23(25-21(26-28)20-5-4-14-30-20)24-15-17-8-12-19(13-9-17)27(2)3/h4-14H,15H2,1-3H3,(H,24,25,26). The smallest absolute Gasteiger partial charge is 0.281 e. The number of furan rings is 1. The number of hydrogen-bond acceptors (Lipinski definition) is 6. The first-order valence-electron chi connectivity index (χ1n) is 9.64. The molecule has 2 heterocycles. The van der Waals surface area contributed by atoms with Gasteiger partial charge in [-0.2, -0.15) is 9.67 Å². The van der Waals surface area contributed by atoms with E-state index in [2.05, 4.69) is 15.4 Å². The summed E-state index contributed by atoms with van der Waals surface area (Å²) in [6.45, 7) is 2.48. The van der Waals surface area contributed by atoms with Crippen molar-refractivity contribution in [3.8, 4) is 11.6 Å². The number of carbonyl (C=O) groups is 1. The minimum atomic E-state index is -0.259. The van der Waals surface area contributed by atoms with Gasteiger partial charge in [-0.05, 0) is 48.9 Å². The van der Waals surface area contributed by atoms with Crippen LogP contribution in [0.4, 0.5) is 11.6 Å². The molecule has 2 aromatic carbocycles. The quantitative estimate of drug-likeness (QED) is 0.521. The Bertz CT molecular complexity index is 1130. The molecule has 0 saturated heterocycles. The fourth-order valence-corrected chi connectivity index (χ4v) is 2.99. The minimum absolute atomic E-state index is 0.259. The van der Waals surface area contributed by atoms with Crippen molar-refractivity contribution in [3.05, 3.63) is 83.6 Å². The number of rotatable bonds is 6. The average molecular weight is 401 g/mol. The van der Waals surface area contributed by atoms with Crippen LogP contribution in [0.15, 0.2) is 71.3 Å². The molecule has 7 heteroatoms. The lowest BCUT2D eigenvalue weighted by atomic mass is 10.1. The van der Waals surface area contributed by atoms with Gasteiger partial charge in [-0.25, -0.2) is 0 Å². The normalized spacial score (nSPS) is 10.8. The Hall–Kier alpha value is -3.87. The van der Waals surface area contributed by atoms with Crippen LogP contribution >= 0.6 is 0 Å². The van der Waals surface area contributed by atoms with Gasteiger partial charge in [0.2, 0.25) is 11.8 Å². The van der Waals surface area contributed by atoms with Gasteiger partial charge < -0.3 is 14.6 Å². The maximum atomic E-state index is 13.1. The number of aromatic nitrogens is 3. The van der Waals surface area contributed by atoms with E-state index in [-0.39, 0.29) is 5.91 Å². The third-order valence-electron chi connectivity index (χ3n) is 4.74. The largest absolute Gasteiger partial charge is 0.461 e. The third kappa shape index (κ3) is 4.10. The van der Waals surface area contributed by atoms with Crippen molar-refractivity contribution in [1.82, 2.24) is 14.8 Å². The molecule has 4 aromatic rings. The van der Waals surface area contributed by atoms with E-state index in [0.29, 0.717) is 29.6 Å². The van der Waals surface area contributed by atoms with Crippen LogP contribution in [0.2, 0.25) is 0 Å². The first kappa shape index (κ1) is 19.4. The monoisotopic (exact) mass is 401 g/mol. The number of nitrogens with zero attached hydrogens (tertiary/aromatic N) is 4. The molecule has 0 amide bonds. The van der Waals surface area contributed by atoms with E-state index in [4.69, 9.17) is 4.42 Å². The lowest BCUT2D eigenvalue weighted by Gasteiger charge is -2.13. The molecule has 0 saturated carbocycles. The Labute approximate surface area is 175 Å². The fourth-order valence-electron chi connectivity index (χ4n) is 2.99. The molecule has 2 aromatic heterocycles. The highest BCUT2D eigenvalue weighted by atomic mass is 16.3. The number of carbonyl (C=O) groups excluding carboxylic acids is 1. The Balaban J connectivity index is 1.62.